The number of nitrogens with one attached hydrogen (secondary N) is 1. The van der Waals surface area contributed by atoms with Crippen LogP contribution in [0.2, 0.25) is 0 Å². The number of nitrogens with zero attached hydrogens (tertiary/aromatic N) is 1. The SMILES string of the molecule is CCNC1CCC2(CC1N1CC(C)OC(C)C1)OCCO2. The van der Waals surface area contributed by atoms with Crippen molar-refractivity contribution in [2.24, 2.45) is 0 Å². The van der Waals surface area contributed by atoms with E-state index in [0.29, 0.717) is 24.3 Å². The Balaban J connectivity index is 1.73. The number of hydrogen-bond donors (Lipinski definition) is 1. The highest BCUT2D eigenvalue weighted by Gasteiger charge is 2.47. The van der Waals surface area contributed by atoms with Gasteiger partial charge in [0.1, 0.15) is 0 Å². The summed E-state index contributed by atoms with van der Waals surface area (Å²) >= 11 is 0. The first kappa shape index (κ1) is 15.7. The van der Waals surface area contributed by atoms with Crippen LogP contribution < -0.4 is 5.32 Å². The Hall–Kier alpha value is -0.200. The first-order valence-electron chi connectivity index (χ1n) is 8.53. The van der Waals surface area contributed by atoms with E-state index < -0.39 is 0 Å². The van der Waals surface area contributed by atoms with Crippen molar-refractivity contribution in [2.45, 2.75) is 70.1 Å². The average molecular weight is 298 g/mol. The molecule has 4 atom stereocenters. The Morgan fingerprint density at radius 1 is 1.14 bits per heavy atom. The van der Waals surface area contributed by atoms with Crippen LogP contribution in [0.25, 0.3) is 0 Å². The van der Waals surface area contributed by atoms with Crippen LogP contribution in [-0.2, 0) is 14.2 Å². The van der Waals surface area contributed by atoms with E-state index >= 15 is 0 Å². The molecule has 1 spiro atoms. The number of likely N-dealkylation sites (N-methyl/N-ethyl adjacent to an activating group) is 1. The fraction of sp³-hybridized carbons (Fsp3) is 1.00. The molecule has 3 rings (SSSR count). The summed E-state index contributed by atoms with van der Waals surface area (Å²) in [5.41, 5.74) is 0. The number of morpholine rings is 1. The molecular formula is C16H30N2O3. The molecule has 2 aliphatic heterocycles. The molecule has 2 heterocycles. The lowest BCUT2D eigenvalue weighted by Gasteiger charge is -2.49. The normalized spacial score (nSPS) is 40.7. The van der Waals surface area contributed by atoms with Gasteiger partial charge in [0.15, 0.2) is 5.79 Å². The summed E-state index contributed by atoms with van der Waals surface area (Å²) in [4.78, 5) is 2.60. The van der Waals surface area contributed by atoms with Crippen molar-refractivity contribution in [1.82, 2.24) is 10.2 Å². The van der Waals surface area contributed by atoms with Crippen molar-refractivity contribution in [2.75, 3.05) is 32.8 Å². The molecule has 2 saturated heterocycles. The molecule has 0 aromatic heterocycles. The van der Waals surface area contributed by atoms with E-state index in [9.17, 15) is 0 Å². The highest BCUT2D eigenvalue weighted by molar-refractivity contribution is 4.97. The molecule has 0 aromatic rings. The van der Waals surface area contributed by atoms with Gasteiger partial charge >= 0.3 is 0 Å². The van der Waals surface area contributed by atoms with Gasteiger partial charge in [0.05, 0.1) is 25.4 Å². The third-order valence-corrected chi connectivity index (χ3v) is 5.02. The first-order chi connectivity index (χ1) is 10.1. The number of hydrogen-bond acceptors (Lipinski definition) is 5. The van der Waals surface area contributed by atoms with Crippen LogP contribution in [0.5, 0.6) is 0 Å². The molecule has 1 N–H and O–H groups in total. The summed E-state index contributed by atoms with van der Waals surface area (Å²) in [6.07, 6.45) is 3.72. The second-order valence-electron chi connectivity index (χ2n) is 6.79. The number of rotatable bonds is 3. The van der Waals surface area contributed by atoms with E-state index in [1.165, 1.54) is 0 Å². The van der Waals surface area contributed by atoms with Crippen molar-refractivity contribution in [1.29, 1.82) is 0 Å². The Labute approximate surface area is 128 Å². The van der Waals surface area contributed by atoms with Gasteiger partial charge in [-0.05, 0) is 26.8 Å². The minimum Gasteiger partial charge on any atom is -0.373 e. The summed E-state index contributed by atoms with van der Waals surface area (Å²) in [7, 11) is 0. The molecule has 3 aliphatic rings. The van der Waals surface area contributed by atoms with Crippen LogP contribution in [0.15, 0.2) is 0 Å². The smallest absolute Gasteiger partial charge is 0.170 e. The number of ether oxygens (including phenoxy) is 3. The van der Waals surface area contributed by atoms with Crippen molar-refractivity contribution in [3.63, 3.8) is 0 Å². The van der Waals surface area contributed by atoms with E-state index in [1.807, 2.05) is 0 Å². The maximum absolute atomic E-state index is 5.97. The Morgan fingerprint density at radius 2 is 1.81 bits per heavy atom. The minimum atomic E-state index is -0.318. The van der Waals surface area contributed by atoms with E-state index in [-0.39, 0.29) is 5.79 Å². The van der Waals surface area contributed by atoms with E-state index in [1.54, 1.807) is 0 Å². The third-order valence-electron chi connectivity index (χ3n) is 5.02. The van der Waals surface area contributed by atoms with E-state index in [2.05, 4.69) is 31.0 Å². The molecular weight excluding hydrogens is 268 g/mol. The molecule has 4 unspecified atom stereocenters. The highest BCUT2D eigenvalue weighted by Crippen LogP contribution is 2.38. The maximum Gasteiger partial charge on any atom is 0.170 e. The zero-order chi connectivity index (χ0) is 14.9. The van der Waals surface area contributed by atoms with Gasteiger partial charge in [-0.25, -0.2) is 0 Å². The summed E-state index contributed by atoms with van der Waals surface area (Å²) < 4.78 is 17.8. The van der Waals surface area contributed by atoms with Crippen LogP contribution in [0.4, 0.5) is 0 Å². The van der Waals surface area contributed by atoms with Gasteiger partial charge in [-0.2, -0.15) is 0 Å². The molecule has 0 amide bonds. The lowest BCUT2D eigenvalue weighted by atomic mass is 9.84. The van der Waals surface area contributed by atoms with E-state index in [4.69, 9.17) is 14.2 Å². The fourth-order valence-corrected chi connectivity index (χ4v) is 4.26. The molecule has 0 aromatic carbocycles. The van der Waals surface area contributed by atoms with Crippen LogP contribution in [-0.4, -0.2) is 67.8 Å². The monoisotopic (exact) mass is 298 g/mol. The zero-order valence-electron chi connectivity index (χ0n) is 13.6. The lowest BCUT2D eigenvalue weighted by Crippen LogP contribution is -2.61. The third kappa shape index (κ3) is 3.42. The highest BCUT2D eigenvalue weighted by atomic mass is 16.7. The summed E-state index contributed by atoms with van der Waals surface area (Å²) in [6.45, 7) is 11.1. The van der Waals surface area contributed by atoms with Crippen LogP contribution in [0.3, 0.4) is 0 Å². The van der Waals surface area contributed by atoms with E-state index in [0.717, 1.165) is 52.1 Å². The largest absolute Gasteiger partial charge is 0.373 e. The predicted molar refractivity (Wildman–Crippen MR) is 81.3 cm³/mol. The lowest BCUT2D eigenvalue weighted by molar-refractivity contribution is -0.200. The quantitative estimate of drug-likeness (QED) is 0.852. The average Bonchev–Trinajstić information content (AvgIpc) is 2.88. The van der Waals surface area contributed by atoms with Crippen LogP contribution in [0, 0.1) is 0 Å². The molecule has 1 aliphatic carbocycles. The molecule has 5 heteroatoms. The van der Waals surface area contributed by atoms with Gasteiger partial charge in [0.25, 0.3) is 0 Å². The van der Waals surface area contributed by atoms with Crippen molar-refractivity contribution >= 4 is 0 Å². The maximum atomic E-state index is 5.97. The second-order valence-corrected chi connectivity index (χ2v) is 6.79. The molecule has 3 fully saturated rings. The summed E-state index contributed by atoms with van der Waals surface area (Å²) in [5, 5.41) is 3.67. The van der Waals surface area contributed by atoms with Gasteiger partial charge < -0.3 is 19.5 Å². The van der Waals surface area contributed by atoms with Gasteiger partial charge in [0.2, 0.25) is 0 Å². The Kier molecular flexibility index (Phi) is 4.86. The molecule has 0 radical (unpaired) electrons. The Bertz CT molecular complexity index is 336. The van der Waals surface area contributed by atoms with Gasteiger partial charge in [-0.15, -0.1) is 0 Å². The first-order valence-corrected chi connectivity index (χ1v) is 8.53. The summed E-state index contributed by atoms with van der Waals surface area (Å²) in [6, 6.07) is 1.01. The predicted octanol–water partition coefficient (Wildman–Crippen LogP) is 1.37. The minimum absolute atomic E-state index is 0.305. The van der Waals surface area contributed by atoms with Gasteiger partial charge in [-0.3, -0.25) is 4.90 Å². The van der Waals surface area contributed by atoms with Crippen LogP contribution >= 0.6 is 0 Å². The molecule has 5 nitrogen and oxygen atoms in total. The zero-order valence-corrected chi connectivity index (χ0v) is 13.6. The molecule has 0 bridgehead atoms. The second kappa shape index (κ2) is 6.50. The Morgan fingerprint density at radius 3 is 2.43 bits per heavy atom. The van der Waals surface area contributed by atoms with Gasteiger partial charge in [0, 0.05) is 38.0 Å². The standard InChI is InChI=1S/C16H30N2O3/c1-4-17-14-5-6-16(19-7-8-20-16)9-15(14)18-10-12(2)21-13(3)11-18/h12-15,17H,4-11H2,1-3H3. The molecule has 1 saturated carbocycles. The van der Waals surface area contributed by atoms with Crippen molar-refractivity contribution < 1.29 is 14.2 Å². The van der Waals surface area contributed by atoms with Crippen LogP contribution in [0.1, 0.15) is 40.0 Å². The van der Waals surface area contributed by atoms with Gasteiger partial charge in [-0.1, -0.05) is 6.92 Å². The molecule has 122 valence electrons. The summed E-state index contributed by atoms with van der Waals surface area (Å²) in [5.74, 6) is -0.318. The van der Waals surface area contributed by atoms with Crippen molar-refractivity contribution in [3.05, 3.63) is 0 Å². The molecule has 21 heavy (non-hydrogen) atoms. The fourth-order valence-electron chi connectivity index (χ4n) is 4.26. The topological polar surface area (TPSA) is 43.0 Å². The van der Waals surface area contributed by atoms with Crippen molar-refractivity contribution in [3.8, 4) is 0 Å².